The largest absolute Gasteiger partial charge is 0.502 e. The first-order valence-corrected chi connectivity index (χ1v) is 7.31. The van der Waals surface area contributed by atoms with Crippen LogP contribution in [0.1, 0.15) is 37.3 Å². The molecule has 0 bridgehead atoms. The lowest BCUT2D eigenvalue weighted by Gasteiger charge is -2.25. The minimum absolute atomic E-state index is 0.0856. The highest BCUT2D eigenvalue weighted by Crippen LogP contribution is 2.40. The van der Waals surface area contributed by atoms with Crippen LogP contribution in [0.15, 0.2) is 16.6 Å². The van der Waals surface area contributed by atoms with Gasteiger partial charge in [0.1, 0.15) is 0 Å². The molecule has 20 heavy (non-hydrogen) atoms. The van der Waals surface area contributed by atoms with Gasteiger partial charge < -0.3 is 15.9 Å². The van der Waals surface area contributed by atoms with Gasteiger partial charge in [0, 0.05) is 16.1 Å². The molecule has 1 aromatic carbocycles. The van der Waals surface area contributed by atoms with Gasteiger partial charge in [-0.15, -0.1) is 0 Å². The number of aliphatic hydroxyl groups is 1. The van der Waals surface area contributed by atoms with E-state index < -0.39 is 28.5 Å². The molecule has 1 fully saturated rings. The van der Waals surface area contributed by atoms with E-state index in [0.717, 1.165) is 25.7 Å². The molecule has 0 heterocycles. The third-order valence-electron chi connectivity index (χ3n) is 3.89. The molecule has 1 aliphatic rings. The van der Waals surface area contributed by atoms with Crippen molar-refractivity contribution in [1.29, 1.82) is 0 Å². The molecule has 0 radical (unpaired) electrons. The van der Waals surface area contributed by atoms with Crippen molar-refractivity contribution in [2.45, 2.75) is 37.8 Å². The fourth-order valence-electron chi connectivity index (χ4n) is 2.77. The van der Waals surface area contributed by atoms with E-state index in [1.807, 2.05) is 0 Å². The second-order valence-corrected chi connectivity index (χ2v) is 6.10. The molecule has 2 rings (SSSR count). The Labute approximate surface area is 124 Å². The molecule has 0 aliphatic heterocycles. The summed E-state index contributed by atoms with van der Waals surface area (Å²) in [5.74, 6) is -0.384. The average molecular weight is 345 g/mol. The van der Waals surface area contributed by atoms with Crippen molar-refractivity contribution in [2.24, 2.45) is 11.7 Å². The lowest BCUT2D eigenvalue weighted by atomic mass is 9.90. The Morgan fingerprint density at radius 1 is 1.40 bits per heavy atom. The normalized spacial score (nSPS) is 18.9. The van der Waals surface area contributed by atoms with E-state index in [9.17, 15) is 20.3 Å². The molecule has 0 aromatic heterocycles. The molecule has 1 aromatic rings. The van der Waals surface area contributed by atoms with Crippen LogP contribution >= 0.6 is 15.9 Å². The highest BCUT2D eigenvalue weighted by Gasteiger charge is 2.32. The van der Waals surface area contributed by atoms with Gasteiger partial charge in [0.2, 0.25) is 0 Å². The van der Waals surface area contributed by atoms with Crippen LogP contribution in [0.2, 0.25) is 0 Å². The zero-order valence-corrected chi connectivity index (χ0v) is 12.4. The fraction of sp³-hybridized carbons (Fsp3) is 0.538. The van der Waals surface area contributed by atoms with Gasteiger partial charge in [0.25, 0.3) is 0 Å². The SMILES string of the molecule is N[C@@H](c1cc(Br)cc([N+](=O)[O-])c1O)[C@H](O)C1CCCC1. The Hall–Kier alpha value is -1.18. The monoisotopic (exact) mass is 344 g/mol. The summed E-state index contributed by atoms with van der Waals surface area (Å²) in [4.78, 5) is 10.2. The van der Waals surface area contributed by atoms with Crippen molar-refractivity contribution < 1.29 is 15.1 Å². The van der Waals surface area contributed by atoms with E-state index in [4.69, 9.17) is 5.73 Å². The van der Waals surface area contributed by atoms with Crippen molar-refractivity contribution in [3.8, 4) is 5.75 Å². The van der Waals surface area contributed by atoms with Gasteiger partial charge >= 0.3 is 5.69 Å². The maximum atomic E-state index is 10.9. The highest BCUT2D eigenvalue weighted by molar-refractivity contribution is 9.10. The Balaban J connectivity index is 2.33. The number of benzene rings is 1. The third kappa shape index (κ3) is 2.94. The lowest BCUT2D eigenvalue weighted by Crippen LogP contribution is -2.32. The van der Waals surface area contributed by atoms with E-state index in [1.165, 1.54) is 12.1 Å². The number of phenols is 1. The van der Waals surface area contributed by atoms with E-state index in [-0.39, 0.29) is 11.5 Å². The van der Waals surface area contributed by atoms with Gasteiger partial charge in [-0.3, -0.25) is 10.1 Å². The van der Waals surface area contributed by atoms with Crippen LogP contribution in [0.3, 0.4) is 0 Å². The van der Waals surface area contributed by atoms with Gasteiger partial charge in [0.05, 0.1) is 17.1 Å². The highest BCUT2D eigenvalue weighted by atomic mass is 79.9. The predicted molar refractivity (Wildman–Crippen MR) is 77.4 cm³/mol. The smallest absolute Gasteiger partial charge is 0.312 e. The lowest BCUT2D eigenvalue weighted by molar-refractivity contribution is -0.386. The van der Waals surface area contributed by atoms with Gasteiger partial charge in [-0.2, -0.15) is 0 Å². The molecule has 0 saturated heterocycles. The minimum Gasteiger partial charge on any atom is -0.502 e. The molecular weight excluding hydrogens is 328 g/mol. The van der Waals surface area contributed by atoms with Crippen molar-refractivity contribution >= 4 is 21.6 Å². The van der Waals surface area contributed by atoms with Crippen molar-refractivity contribution in [3.63, 3.8) is 0 Å². The van der Waals surface area contributed by atoms with Gasteiger partial charge in [-0.1, -0.05) is 28.8 Å². The number of hydrogen-bond donors (Lipinski definition) is 3. The first kappa shape index (κ1) is 15.2. The van der Waals surface area contributed by atoms with Gasteiger partial charge in [-0.05, 0) is 24.8 Å². The zero-order chi connectivity index (χ0) is 14.9. The van der Waals surface area contributed by atoms with Crippen LogP contribution in [-0.2, 0) is 0 Å². The zero-order valence-electron chi connectivity index (χ0n) is 10.8. The summed E-state index contributed by atoms with van der Waals surface area (Å²) in [5, 5.41) is 31.2. The van der Waals surface area contributed by atoms with E-state index in [0.29, 0.717) is 4.47 Å². The molecule has 110 valence electrons. The Bertz CT molecular complexity index is 517. The Morgan fingerprint density at radius 3 is 2.55 bits per heavy atom. The topological polar surface area (TPSA) is 110 Å². The van der Waals surface area contributed by atoms with Crippen LogP contribution in [0.4, 0.5) is 5.69 Å². The summed E-state index contributed by atoms with van der Waals surface area (Å²) in [7, 11) is 0. The molecule has 1 aliphatic carbocycles. The quantitative estimate of drug-likeness (QED) is 0.574. The summed E-state index contributed by atoms with van der Waals surface area (Å²) in [6, 6.07) is 1.90. The van der Waals surface area contributed by atoms with Crippen LogP contribution < -0.4 is 5.73 Å². The number of hydrogen-bond acceptors (Lipinski definition) is 5. The van der Waals surface area contributed by atoms with Gasteiger partial charge in [0.15, 0.2) is 5.75 Å². The number of phenolic OH excluding ortho intramolecular Hbond substituents is 1. The third-order valence-corrected chi connectivity index (χ3v) is 4.35. The molecular formula is C13H17BrN2O4. The maximum Gasteiger partial charge on any atom is 0.312 e. The molecule has 1 saturated carbocycles. The minimum atomic E-state index is -0.839. The molecule has 0 spiro atoms. The number of rotatable bonds is 4. The number of halogens is 1. The number of nitrogens with two attached hydrogens (primary N) is 1. The predicted octanol–water partition coefficient (Wildman–Crippen LogP) is 2.61. The molecule has 2 atom stereocenters. The molecule has 0 unspecified atom stereocenters. The summed E-state index contributed by atoms with van der Waals surface area (Å²) in [6.45, 7) is 0. The summed E-state index contributed by atoms with van der Waals surface area (Å²) in [6.07, 6.45) is 3.09. The Morgan fingerprint density at radius 2 is 2.00 bits per heavy atom. The number of nitrogens with zero attached hydrogens (tertiary/aromatic N) is 1. The van der Waals surface area contributed by atoms with Gasteiger partial charge in [-0.25, -0.2) is 0 Å². The first-order valence-electron chi connectivity index (χ1n) is 6.52. The molecule has 0 amide bonds. The summed E-state index contributed by atoms with van der Waals surface area (Å²) < 4.78 is 0.450. The van der Waals surface area contributed by atoms with E-state index >= 15 is 0 Å². The summed E-state index contributed by atoms with van der Waals surface area (Å²) >= 11 is 3.16. The second kappa shape index (κ2) is 6.07. The summed E-state index contributed by atoms with van der Waals surface area (Å²) in [5.41, 5.74) is 5.79. The number of nitro benzene ring substituents is 1. The molecule has 7 heteroatoms. The van der Waals surface area contributed by atoms with Crippen LogP contribution in [0.25, 0.3) is 0 Å². The average Bonchev–Trinajstić information content (AvgIpc) is 2.93. The van der Waals surface area contributed by atoms with Crippen molar-refractivity contribution in [1.82, 2.24) is 0 Å². The van der Waals surface area contributed by atoms with E-state index in [2.05, 4.69) is 15.9 Å². The van der Waals surface area contributed by atoms with E-state index in [1.54, 1.807) is 0 Å². The van der Waals surface area contributed by atoms with Crippen molar-refractivity contribution in [2.75, 3.05) is 0 Å². The second-order valence-electron chi connectivity index (χ2n) is 5.18. The molecule has 6 nitrogen and oxygen atoms in total. The maximum absolute atomic E-state index is 10.9. The number of aromatic hydroxyl groups is 1. The number of aliphatic hydroxyl groups excluding tert-OH is 1. The molecule has 4 N–H and O–H groups in total. The van der Waals surface area contributed by atoms with Crippen molar-refractivity contribution in [3.05, 3.63) is 32.3 Å². The van der Waals surface area contributed by atoms with Crippen LogP contribution in [0.5, 0.6) is 5.75 Å². The Kier molecular flexibility index (Phi) is 4.62. The fourth-order valence-corrected chi connectivity index (χ4v) is 3.24. The number of nitro groups is 1. The van der Waals surface area contributed by atoms with Crippen LogP contribution in [-0.4, -0.2) is 21.2 Å². The van der Waals surface area contributed by atoms with Crippen LogP contribution in [0, 0.1) is 16.0 Å². The first-order chi connectivity index (χ1) is 9.41. The standard InChI is InChI=1S/C13H17BrN2O4/c14-8-5-9(13(18)10(6-8)16(19)20)11(15)12(17)7-3-1-2-4-7/h5-7,11-12,17-18H,1-4,15H2/t11-,12+/m0/s1.